The molecule has 3 rings (SSSR count). The van der Waals surface area contributed by atoms with Gasteiger partial charge in [0, 0.05) is 36.1 Å². The van der Waals surface area contributed by atoms with E-state index in [-0.39, 0.29) is 24.8 Å². The minimum absolute atomic E-state index is 0.211. The zero-order valence-corrected chi connectivity index (χ0v) is 14.5. The van der Waals surface area contributed by atoms with Gasteiger partial charge in [-0.2, -0.15) is 0 Å². The van der Waals surface area contributed by atoms with Crippen molar-refractivity contribution in [2.75, 3.05) is 13.2 Å². The van der Waals surface area contributed by atoms with E-state index in [9.17, 15) is 15.0 Å². The summed E-state index contributed by atoms with van der Waals surface area (Å²) >= 11 is 0. The Kier molecular flexibility index (Phi) is 5.43. The Hall–Kier alpha value is -2.58. The van der Waals surface area contributed by atoms with Crippen LogP contribution < -0.4 is 10.1 Å². The van der Waals surface area contributed by atoms with E-state index < -0.39 is 17.6 Å². The zero-order valence-electron chi connectivity index (χ0n) is 14.5. The summed E-state index contributed by atoms with van der Waals surface area (Å²) in [6.07, 6.45) is 3.26. The Morgan fingerprint density at radius 1 is 1.31 bits per heavy atom. The predicted octanol–water partition coefficient (Wildman–Crippen LogP) is 0.491. The second kappa shape index (κ2) is 7.76. The highest BCUT2D eigenvalue weighted by Gasteiger charge is 2.45. The first-order valence-electron chi connectivity index (χ1n) is 8.44. The Morgan fingerprint density at radius 3 is 2.73 bits per heavy atom. The van der Waals surface area contributed by atoms with Crippen molar-refractivity contribution in [2.45, 2.75) is 32.0 Å². The van der Waals surface area contributed by atoms with E-state index in [1.807, 2.05) is 19.1 Å². The van der Waals surface area contributed by atoms with E-state index in [1.54, 1.807) is 6.07 Å². The fourth-order valence-electron chi connectivity index (χ4n) is 3.16. The molecule has 1 amide bonds. The minimum Gasteiger partial charge on any atom is -0.477 e. The van der Waals surface area contributed by atoms with Crippen molar-refractivity contribution in [1.29, 1.82) is 0 Å². The molecule has 0 spiro atoms. The van der Waals surface area contributed by atoms with Gasteiger partial charge in [-0.25, -0.2) is 9.97 Å². The van der Waals surface area contributed by atoms with Crippen molar-refractivity contribution in [3.63, 3.8) is 0 Å². The summed E-state index contributed by atoms with van der Waals surface area (Å²) in [5, 5.41) is 22.8. The van der Waals surface area contributed by atoms with Crippen LogP contribution in [0.15, 0.2) is 36.8 Å². The molecule has 1 saturated carbocycles. The van der Waals surface area contributed by atoms with E-state index in [4.69, 9.17) is 4.74 Å². The molecule has 0 bridgehead atoms. The molecule has 2 heterocycles. The summed E-state index contributed by atoms with van der Waals surface area (Å²) in [4.78, 5) is 24.4. The Balaban J connectivity index is 1.67. The maximum absolute atomic E-state index is 12.2. The van der Waals surface area contributed by atoms with Crippen molar-refractivity contribution in [3.8, 4) is 5.88 Å². The van der Waals surface area contributed by atoms with Crippen LogP contribution in [0.1, 0.15) is 29.0 Å². The van der Waals surface area contributed by atoms with Gasteiger partial charge in [0.05, 0.1) is 25.0 Å². The number of carbonyl (C=O) groups excluding carboxylic acids is 1. The number of aromatic nitrogens is 3. The molecule has 26 heavy (non-hydrogen) atoms. The zero-order chi connectivity index (χ0) is 18.6. The lowest BCUT2D eigenvalue weighted by atomic mass is 9.86. The lowest BCUT2D eigenvalue weighted by Crippen LogP contribution is -2.41. The normalized spacial score (nSPS) is 25.0. The molecule has 2 aromatic rings. The maximum Gasteiger partial charge on any atom is 0.271 e. The van der Waals surface area contributed by atoms with Gasteiger partial charge in [0.1, 0.15) is 5.69 Å². The van der Waals surface area contributed by atoms with Crippen LogP contribution in [0, 0.1) is 12.3 Å². The van der Waals surface area contributed by atoms with E-state index in [0.717, 1.165) is 5.69 Å². The van der Waals surface area contributed by atoms with Gasteiger partial charge in [0.25, 0.3) is 5.91 Å². The largest absolute Gasteiger partial charge is 0.477 e. The number of nitrogens with zero attached hydrogens (tertiary/aromatic N) is 3. The van der Waals surface area contributed by atoms with Crippen molar-refractivity contribution in [3.05, 3.63) is 48.2 Å². The number of pyridine rings is 1. The van der Waals surface area contributed by atoms with Crippen LogP contribution in [0.2, 0.25) is 0 Å². The lowest BCUT2D eigenvalue weighted by Gasteiger charge is -2.29. The molecular weight excluding hydrogens is 336 g/mol. The van der Waals surface area contributed by atoms with E-state index in [1.165, 1.54) is 18.6 Å². The number of rotatable bonds is 6. The molecular formula is C18H22N4O4. The second-order valence-corrected chi connectivity index (χ2v) is 6.72. The molecule has 3 N–H and O–H groups in total. The summed E-state index contributed by atoms with van der Waals surface area (Å²) in [5.74, 6) is 0.113. The summed E-state index contributed by atoms with van der Waals surface area (Å²) in [6, 6.07) is 5.46. The molecule has 1 fully saturated rings. The van der Waals surface area contributed by atoms with Gasteiger partial charge in [-0.1, -0.05) is 6.07 Å². The molecule has 0 aromatic carbocycles. The molecule has 3 atom stereocenters. The van der Waals surface area contributed by atoms with Crippen molar-refractivity contribution < 1.29 is 19.7 Å². The number of amides is 1. The number of hydrogen-bond donors (Lipinski definition) is 3. The summed E-state index contributed by atoms with van der Waals surface area (Å²) in [6.45, 7) is 2.33. The third kappa shape index (κ3) is 4.33. The van der Waals surface area contributed by atoms with Crippen LogP contribution in [-0.2, 0) is 0 Å². The van der Waals surface area contributed by atoms with Crippen LogP contribution in [0.3, 0.4) is 0 Å². The average Bonchev–Trinajstić information content (AvgIpc) is 2.93. The van der Waals surface area contributed by atoms with Crippen LogP contribution in [-0.4, -0.2) is 56.4 Å². The molecule has 8 nitrogen and oxygen atoms in total. The van der Waals surface area contributed by atoms with Gasteiger partial charge in [-0.05, 0) is 25.8 Å². The Labute approximate surface area is 151 Å². The quantitative estimate of drug-likeness (QED) is 0.688. The van der Waals surface area contributed by atoms with E-state index >= 15 is 0 Å². The fourth-order valence-corrected chi connectivity index (χ4v) is 3.16. The van der Waals surface area contributed by atoms with Crippen molar-refractivity contribution in [2.24, 2.45) is 5.41 Å². The third-order valence-corrected chi connectivity index (χ3v) is 4.54. The summed E-state index contributed by atoms with van der Waals surface area (Å²) < 4.78 is 5.80. The Bertz CT molecular complexity index is 746. The van der Waals surface area contributed by atoms with Crippen LogP contribution in [0.25, 0.3) is 0 Å². The van der Waals surface area contributed by atoms with Gasteiger partial charge < -0.3 is 20.3 Å². The Morgan fingerprint density at radius 2 is 2.08 bits per heavy atom. The standard InChI is InChI=1S/C18H22N4O4/c1-12-3-2-4-16(22-12)26-11-18(7-14(23)15(24)8-18)10-21-17(25)13-9-19-5-6-20-13/h2-6,9,14-15,23-24H,7-8,10-11H2,1H3,(H,21,25)/t14-,15+,18?. The minimum atomic E-state index is -0.850. The topological polar surface area (TPSA) is 117 Å². The molecule has 1 unspecified atom stereocenters. The number of carbonyl (C=O) groups is 1. The number of aliphatic hydroxyl groups excluding tert-OH is 2. The molecule has 8 heteroatoms. The van der Waals surface area contributed by atoms with E-state index in [0.29, 0.717) is 18.7 Å². The average molecular weight is 358 g/mol. The fraction of sp³-hybridized carbons (Fsp3) is 0.444. The first-order valence-corrected chi connectivity index (χ1v) is 8.44. The van der Waals surface area contributed by atoms with Crippen molar-refractivity contribution in [1.82, 2.24) is 20.3 Å². The number of ether oxygens (including phenoxy) is 1. The third-order valence-electron chi connectivity index (χ3n) is 4.54. The van der Waals surface area contributed by atoms with Gasteiger partial charge >= 0.3 is 0 Å². The molecule has 0 aliphatic heterocycles. The SMILES string of the molecule is Cc1cccc(OCC2(CNC(=O)c3cnccn3)C[C@@H](O)[C@@H](O)C2)n1. The molecule has 0 radical (unpaired) electrons. The van der Waals surface area contributed by atoms with Gasteiger partial charge in [0.2, 0.25) is 5.88 Å². The monoisotopic (exact) mass is 358 g/mol. The lowest BCUT2D eigenvalue weighted by molar-refractivity contribution is 0.0438. The molecule has 2 aromatic heterocycles. The van der Waals surface area contributed by atoms with Crippen LogP contribution in [0.4, 0.5) is 0 Å². The van der Waals surface area contributed by atoms with Crippen LogP contribution >= 0.6 is 0 Å². The van der Waals surface area contributed by atoms with E-state index in [2.05, 4.69) is 20.3 Å². The number of nitrogens with one attached hydrogen (secondary N) is 1. The molecule has 0 saturated heterocycles. The first-order chi connectivity index (χ1) is 12.5. The first kappa shape index (κ1) is 18.2. The number of aliphatic hydroxyl groups is 2. The van der Waals surface area contributed by atoms with Crippen molar-refractivity contribution >= 4 is 5.91 Å². The number of aryl methyl sites for hydroxylation is 1. The molecule has 138 valence electrons. The van der Waals surface area contributed by atoms with Gasteiger partial charge in [-0.3, -0.25) is 9.78 Å². The predicted molar refractivity (Wildman–Crippen MR) is 92.5 cm³/mol. The summed E-state index contributed by atoms with van der Waals surface area (Å²) in [5.41, 5.74) is 0.448. The van der Waals surface area contributed by atoms with Gasteiger partial charge in [-0.15, -0.1) is 0 Å². The number of hydrogen-bond acceptors (Lipinski definition) is 7. The molecule has 1 aliphatic carbocycles. The smallest absolute Gasteiger partial charge is 0.271 e. The highest BCUT2D eigenvalue weighted by atomic mass is 16.5. The van der Waals surface area contributed by atoms with Crippen LogP contribution in [0.5, 0.6) is 5.88 Å². The summed E-state index contributed by atoms with van der Waals surface area (Å²) in [7, 11) is 0. The molecule has 1 aliphatic rings. The second-order valence-electron chi connectivity index (χ2n) is 6.72. The van der Waals surface area contributed by atoms with Gasteiger partial charge in [0.15, 0.2) is 0 Å². The maximum atomic E-state index is 12.2. The highest BCUT2D eigenvalue weighted by molar-refractivity contribution is 5.91. The highest BCUT2D eigenvalue weighted by Crippen LogP contribution is 2.38.